The molecule has 0 saturated heterocycles. The third-order valence-electron chi connectivity index (χ3n) is 1.50. The van der Waals surface area contributed by atoms with E-state index in [0.717, 1.165) is 6.26 Å². The van der Waals surface area contributed by atoms with Crippen LogP contribution in [0.1, 0.15) is 6.92 Å². The second-order valence-corrected chi connectivity index (χ2v) is 4.75. The van der Waals surface area contributed by atoms with Crippen molar-refractivity contribution in [2.45, 2.75) is 18.2 Å². The minimum absolute atomic E-state index is 0.620. The molecular formula is C6H12N2O2S. The van der Waals surface area contributed by atoms with E-state index in [4.69, 9.17) is 12.3 Å². The highest BCUT2D eigenvalue weighted by atomic mass is 32.2. The van der Waals surface area contributed by atoms with Crippen LogP contribution in [0.5, 0.6) is 0 Å². The number of hydrazine groups is 1. The van der Waals surface area contributed by atoms with Gasteiger partial charge in [0.15, 0.2) is 9.84 Å². The Hall–Kier alpha value is -0.570. The van der Waals surface area contributed by atoms with E-state index < -0.39 is 21.1 Å². The van der Waals surface area contributed by atoms with Crippen molar-refractivity contribution < 1.29 is 8.42 Å². The van der Waals surface area contributed by atoms with Crippen molar-refractivity contribution >= 4 is 9.84 Å². The highest BCUT2D eigenvalue weighted by Crippen LogP contribution is 2.01. The van der Waals surface area contributed by atoms with E-state index in [0.29, 0.717) is 0 Å². The van der Waals surface area contributed by atoms with E-state index in [1.165, 1.54) is 6.92 Å². The van der Waals surface area contributed by atoms with Crippen LogP contribution in [0.25, 0.3) is 0 Å². The van der Waals surface area contributed by atoms with E-state index in [2.05, 4.69) is 11.3 Å². The number of rotatable bonds is 3. The molecule has 64 valence electrons. The SMILES string of the molecule is C#CC(NN)C(C)S(C)(=O)=O. The van der Waals surface area contributed by atoms with Gasteiger partial charge in [0.2, 0.25) is 0 Å². The number of hydrogen-bond acceptors (Lipinski definition) is 4. The molecule has 0 aliphatic rings. The van der Waals surface area contributed by atoms with Gasteiger partial charge in [-0.05, 0) is 6.92 Å². The lowest BCUT2D eigenvalue weighted by molar-refractivity contribution is 0.557. The maximum atomic E-state index is 10.9. The Bertz CT molecular complexity index is 252. The molecule has 11 heavy (non-hydrogen) atoms. The molecule has 0 fully saturated rings. The quantitative estimate of drug-likeness (QED) is 0.325. The minimum atomic E-state index is -3.11. The number of nitrogens with one attached hydrogen (secondary N) is 1. The first-order valence-corrected chi connectivity index (χ1v) is 5.00. The maximum Gasteiger partial charge on any atom is 0.152 e. The molecule has 4 nitrogen and oxygen atoms in total. The molecule has 0 aromatic heterocycles. The molecule has 0 spiro atoms. The summed E-state index contributed by atoms with van der Waals surface area (Å²) in [6.07, 6.45) is 6.15. The lowest BCUT2D eigenvalue weighted by atomic mass is 10.2. The average molecular weight is 176 g/mol. The summed E-state index contributed by atoms with van der Waals surface area (Å²) < 4.78 is 21.8. The Balaban J connectivity index is 4.50. The van der Waals surface area contributed by atoms with Crippen molar-refractivity contribution in [2.24, 2.45) is 5.84 Å². The van der Waals surface area contributed by atoms with Gasteiger partial charge >= 0.3 is 0 Å². The summed E-state index contributed by atoms with van der Waals surface area (Å²) in [6, 6.07) is -0.620. The Morgan fingerprint density at radius 3 is 2.18 bits per heavy atom. The maximum absolute atomic E-state index is 10.9. The van der Waals surface area contributed by atoms with Crippen molar-refractivity contribution in [3.05, 3.63) is 0 Å². The summed E-state index contributed by atoms with van der Waals surface area (Å²) in [6.45, 7) is 1.51. The van der Waals surface area contributed by atoms with Crippen LogP contribution in [0.4, 0.5) is 0 Å². The van der Waals surface area contributed by atoms with Crippen molar-refractivity contribution in [3.8, 4) is 12.3 Å². The zero-order chi connectivity index (χ0) is 9.07. The monoisotopic (exact) mass is 176 g/mol. The van der Waals surface area contributed by atoms with Crippen LogP contribution in [-0.4, -0.2) is 26.0 Å². The fourth-order valence-electron chi connectivity index (χ4n) is 0.566. The van der Waals surface area contributed by atoms with Gasteiger partial charge in [-0.15, -0.1) is 6.42 Å². The number of nitrogens with two attached hydrogens (primary N) is 1. The Morgan fingerprint density at radius 1 is 1.64 bits per heavy atom. The van der Waals surface area contributed by atoms with E-state index in [1.807, 2.05) is 0 Å². The van der Waals surface area contributed by atoms with E-state index in [9.17, 15) is 8.42 Å². The van der Waals surface area contributed by atoms with Crippen LogP contribution < -0.4 is 11.3 Å². The van der Waals surface area contributed by atoms with Gasteiger partial charge in [-0.1, -0.05) is 5.92 Å². The zero-order valence-electron chi connectivity index (χ0n) is 6.53. The highest BCUT2D eigenvalue weighted by Gasteiger charge is 2.22. The Labute approximate surface area is 67.0 Å². The smallest absolute Gasteiger partial charge is 0.152 e. The molecule has 0 aliphatic heterocycles. The van der Waals surface area contributed by atoms with Crippen molar-refractivity contribution in [2.75, 3.05) is 6.26 Å². The summed E-state index contributed by atoms with van der Waals surface area (Å²) in [5.74, 6) is 7.27. The lowest BCUT2D eigenvalue weighted by Gasteiger charge is -2.15. The van der Waals surface area contributed by atoms with Crippen LogP contribution in [0, 0.1) is 12.3 Å². The summed E-state index contributed by atoms with van der Waals surface area (Å²) >= 11 is 0. The number of sulfone groups is 1. The summed E-state index contributed by atoms with van der Waals surface area (Å²) in [7, 11) is -3.11. The lowest BCUT2D eigenvalue weighted by Crippen LogP contribution is -2.44. The van der Waals surface area contributed by atoms with Crippen LogP contribution in [-0.2, 0) is 9.84 Å². The van der Waals surface area contributed by atoms with Gasteiger partial charge in [-0.2, -0.15) is 0 Å². The van der Waals surface area contributed by atoms with Gasteiger partial charge in [-0.3, -0.25) is 5.84 Å². The molecule has 2 unspecified atom stereocenters. The topological polar surface area (TPSA) is 72.2 Å². The third kappa shape index (κ3) is 2.89. The highest BCUT2D eigenvalue weighted by molar-refractivity contribution is 7.91. The minimum Gasteiger partial charge on any atom is -0.270 e. The van der Waals surface area contributed by atoms with Crippen molar-refractivity contribution in [3.63, 3.8) is 0 Å². The number of terminal acetylenes is 1. The second kappa shape index (κ2) is 3.72. The Morgan fingerprint density at radius 2 is 2.09 bits per heavy atom. The zero-order valence-corrected chi connectivity index (χ0v) is 7.35. The molecule has 5 heteroatoms. The average Bonchev–Trinajstić information content (AvgIpc) is 1.88. The van der Waals surface area contributed by atoms with Crippen LogP contribution in [0.2, 0.25) is 0 Å². The molecule has 2 atom stereocenters. The predicted octanol–water partition coefficient (Wildman–Crippen LogP) is -1.12. The number of hydrogen-bond donors (Lipinski definition) is 2. The fraction of sp³-hybridized carbons (Fsp3) is 0.667. The van der Waals surface area contributed by atoms with Crippen molar-refractivity contribution in [1.82, 2.24) is 5.43 Å². The van der Waals surface area contributed by atoms with E-state index in [-0.39, 0.29) is 0 Å². The van der Waals surface area contributed by atoms with Crippen LogP contribution >= 0.6 is 0 Å². The van der Waals surface area contributed by atoms with Gasteiger partial charge in [-0.25, -0.2) is 13.8 Å². The molecule has 0 aliphatic carbocycles. The molecule has 0 rings (SSSR count). The first-order valence-electron chi connectivity index (χ1n) is 3.04. The van der Waals surface area contributed by atoms with Gasteiger partial charge < -0.3 is 0 Å². The molecule has 3 N–H and O–H groups in total. The van der Waals surface area contributed by atoms with Gasteiger partial charge in [0.05, 0.1) is 11.3 Å². The standard InChI is InChI=1S/C6H12N2O2S/c1-4-6(8-7)5(2)11(3,9)10/h1,5-6,8H,7H2,2-3H3. The van der Waals surface area contributed by atoms with E-state index in [1.54, 1.807) is 0 Å². The molecule has 0 amide bonds. The Kier molecular flexibility index (Phi) is 3.52. The first-order chi connectivity index (χ1) is 4.93. The normalized spacial score (nSPS) is 16.9. The largest absolute Gasteiger partial charge is 0.270 e. The first kappa shape index (κ1) is 10.4. The van der Waals surface area contributed by atoms with Gasteiger partial charge in [0, 0.05) is 6.26 Å². The summed E-state index contributed by atoms with van der Waals surface area (Å²) in [5, 5.41) is -0.655. The van der Waals surface area contributed by atoms with Gasteiger partial charge in [0.1, 0.15) is 0 Å². The summed E-state index contributed by atoms with van der Waals surface area (Å²) in [4.78, 5) is 0. The fourth-order valence-corrected chi connectivity index (χ4v) is 1.22. The van der Waals surface area contributed by atoms with Crippen molar-refractivity contribution in [1.29, 1.82) is 0 Å². The van der Waals surface area contributed by atoms with Crippen LogP contribution in [0.15, 0.2) is 0 Å². The molecule has 0 aromatic carbocycles. The summed E-state index contributed by atoms with van der Waals surface area (Å²) in [5.41, 5.74) is 2.24. The molecule has 0 radical (unpaired) electrons. The third-order valence-corrected chi connectivity index (χ3v) is 3.13. The second-order valence-electron chi connectivity index (χ2n) is 2.35. The molecule has 0 bridgehead atoms. The molecule has 0 saturated carbocycles. The molecule has 0 heterocycles. The van der Waals surface area contributed by atoms with Crippen LogP contribution in [0.3, 0.4) is 0 Å². The van der Waals surface area contributed by atoms with E-state index >= 15 is 0 Å². The van der Waals surface area contributed by atoms with Gasteiger partial charge in [0.25, 0.3) is 0 Å². The predicted molar refractivity (Wildman–Crippen MR) is 44.2 cm³/mol. The molecular weight excluding hydrogens is 164 g/mol. The molecule has 0 aromatic rings.